The molecule has 0 amide bonds. The number of methoxy groups -OCH3 is 1. The molecule has 11 heavy (non-hydrogen) atoms. The van der Waals surface area contributed by atoms with Crippen molar-refractivity contribution in [2.24, 2.45) is 0 Å². The molecule has 0 radical (unpaired) electrons. The number of benzene rings is 1. The number of ether oxygens (including phenoxy) is 1. The Balaban J connectivity index is 2.99. The first-order valence-electron chi connectivity index (χ1n) is 3.25. The van der Waals surface area contributed by atoms with Gasteiger partial charge >= 0.3 is 0 Å². The highest BCUT2D eigenvalue weighted by molar-refractivity contribution is 7.98. The fraction of sp³-hybridized carbons (Fsp3) is 0.250. The monoisotopic (exact) mass is 169 g/mol. The summed E-state index contributed by atoms with van der Waals surface area (Å²) in [4.78, 5) is 1.09. The number of nitrogens with two attached hydrogens (primary N) is 1. The van der Waals surface area contributed by atoms with Crippen LogP contribution in [-0.2, 0) is 0 Å². The van der Waals surface area contributed by atoms with Gasteiger partial charge in [0.05, 0.1) is 7.11 Å². The number of hydrogen-bond donors (Lipinski definition) is 1. The Morgan fingerprint density at radius 2 is 2.18 bits per heavy atom. The molecule has 0 aliphatic heterocycles. The molecule has 0 atom stereocenters. The van der Waals surface area contributed by atoms with Gasteiger partial charge in [0.15, 0.2) is 0 Å². The van der Waals surface area contributed by atoms with Gasteiger partial charge in [-0.15, -0.1) is 11.8 Å². The van der Waals surface area contributed by atoms with E-state index in [-0.39, 0.29) is 0 Å². The first kappa shape index (κ1) is 8.27. The third-order valence-corrected chi connectivity index (χ3v) is 2.25. The summed E-state index contributed by atoms with van der Waals surface area (Å²) in [5.74, 6) is 0.806. The lowest BCUT2D eigenvalue weighted by Gasteiger charge is -2.04. The number of nitrogen functional groups attached to an aromatic ring is 1. The maximum Gasteiger partial charge on any atom is 0.120 e. The Hall–Kier alpha value is -0.830. The second kappa shape index (κ2) is 3.53. The van der Waals surface area contributed by atoms with E-state index >= 15 is 0 Å². The smallest absolute Gasteiger partial charge is 0.120 e. The van der Waals surface area contributed by atoms with Crippen LogP contribution in [0.3, 0.4) is 0 Å². The Bertz CT molecular complexity index is 250. The summed E-state index contributed by atoms with van der Waals surface area (Å²) < 4.78 is 5.01. The summed E-state index contributed by atoms with van der Waals surface area (Å²) in [5, 5.41) is 0. The first-order valence-corrected chi connectivity index (χ1v) is 4.48. The van der Waals surface area contributed by atoms with Crippen LogP contribution in [0.1, 0.15) is 0 Å². The molecule has 1 aromatic rings. The SMILES string of the molecule is COc1ccc(SC)c(N)c1. The van der Waals surface area contributed by atoms with Gasteiger partial charge in [-0.05, 0) is 18.4 Å². The molecule has 60 valence electrons. The van der Waals surface area contributed by atoms with E-state index in [0.29, 0.717) is 0 Å². The van der Waals surface area contributed by atoms with Crippen molar-refractivity contribution in [3.63, 3.8) is 0 Å². The molecule has 0 spiro atoms. The Morgan fingerprint density at radius 3 is 2.64 bits per heavy atom. The van der Waals surface area contributed by atoms with E-state index < -0.39 is 0 Å². The lowest BCUT2D eigenvalue weighted by Crippen LogP contribution is -1.89. The molecule has 0 fully saturated rings. The van der Waals surface area contributed by atoms with E-state index in [9.17, 15) is 0 Å². The van der Waals surface area contributed by atoms with Crippen LogP contribution in [0.2, 0.25) is 0 Å². The molecule has 2 nitrogen and oxygen atoms in total. The second-order valence-corrected chi connectivity index (χ2v) is 2.96. The summed E-state index contributed by atoms with van der Waals surface area (Å²) in [6.07, 6.45) is 2.00. The summed E-state index contributed by atoms with van der Waals surface area (Å²) in [5.41, 5.74) is 6.48. The predicted molar refractivity (Wildman–Crippen MR) is 49.2 cm³/mol. The van der Waals surface area contributed by atoms with Crippen molar-refractivity contribution in [1.29, 1.82) is 0 Å². The Kier molecular flexibility index (Phi) is 2.65. The van der Waals surface area contributed by atoms with Crippen molar-refractivity contribution >= 4 is 17.4 Å². The van der Waals surface area contributed by atoms with Gasteiger partial charge in [-0.2, -0.15) is 0 Å². The van der Waals surface area contributed by atoms with E-state index in [1.54, 1.807) is 18.9 Å². The zero-order valence-electron chi connectivity index (χ0n) is 6.63. The average molecular weight is 169 g/mol. The maximum absolute atomic E-state index is 5.71. The van der Waals surface area contributed by atoms with Gasteiger partial charge in [-0.1, -0.05) is 0 Å². The van der Waals surface area contributed by atoms with Crippen molar-refractivity contribution in [2.45, 2.75) is 4.90 Å². The number of anilines is 1. The van der Waals surface area contributed by atoms with Crippen LogP contribution in [0.15, 0.2) is 23.1 Å². The van der Waals surface area contributed by atoms with Gasteiger partial charge in [0.1, 0.15) is 5.75 Å². The standard InChI is InChI=1S/C8H11NOS/c1-10-6-3-4-8(11-2)7(9)5-6/h3-5H,9H2,1-2H3. The molecule has 0 aliphatic rings. The van der Waals surface area contributed by atoms with E-state index in [1.807, 2.05) is 24.5 Å². The molecule has 0 saturated carbocycles. The summed E-state index contributed by atoms with van der Waals surface area (Å²) >= 11 is 1.63. The first-order chi connectivity index (χ1) is 5.27. The minimum Gasteiger partial charge on any atom is -0.497 e. The minimum absolute atomic E-state index is 0.775. The largest absolute Gasteiger partial charge is 0.497 e. The number of thioether (sulfide) groups is 1. The van der Waals surface area contributed by atoms with Crippen LogP contribution < -0.4 is 10.5 Å². The lowest BCUT2D eigenvalue weighted by molar-refractivity contribution is 0.415. The molecule has 3 heteroatoms. The highest BCUT2D eigenvalue weighted by Crippen LogP contribution is 2.26. The molecule has 0 aromatic heterocycles. The zero-order chi connectivity index (χ0) is 8.27. The second-order valence-electron chi connectivity index (χ2n) is 2.11. The van der Waals surface area contributed by atoms with Gasteiger partial charge in [0.25, 0.3) is 0 Å². The van der Waals surface area contributed by atoms with E-state index in [4.69, 9.17) is 10.5 Å². The average Bonchev–Trinajstić information content (AvgIpc) is 2.04. The van der Waals surface area contributed by atoms with Crippen LogP contribution >= 0.6 is 11.8 Å². The van der Waals surface area contributed by atoms with Gasteiger partial charge in [-0.3, -0.25) is 0 Å². The fourth-order valence-corrected chi connectivity index (χ4v) is 1.34. The molecule has 0 saturated heterocycles. The van der Waals surface area contributed by atoms with Crippen molar-refractivity contribution in [3.05, 3.63) is 18.2 Å². The predicted octanol–water partition coefficient (Wildman–Crippen LogP) is 2.00. The van der Waals surface area contributed by atoms with Gasteiger partial charge in [0.2, 0.25) is 0 Å². The van der Waals surface area contributed by atoms with Crippen LogP contribution in [-0.4, -0.2) is 13.4 Å². The number of rotatable bonds is 2. The highest BCUT2D eigenvalue weighted by Gasteiger charge is 1.97. The molecule has 0 aliphatic carbocycles. The van der Waals surface area contributed by atoms with Gasteiger partial charge in [0, 0.05) is 16.6 Å². The molecule has 0 heterocycles. The van der Waals surface area contributed by atoms with Gasteiger partial charge in [-0.25, -0.2) is 0 Å². The summed E-state index contributed by atoms with van der Waals surface area (Å²) in [6, 6.07) is 5.69. The van der Waals surface area contributed by atoms with Crippen LogP contribution in [0.25, 0.3) is 0 Å². The third-order valence-electron chi connectivity index (χ3n) is 1.44. The van der Waals surface area contributed by atoms with Crippen molar-refractivity contribution in [2.75, 3.05) is 19.1 Å². The van der Waals surface area contributed by atoms with E-state index in [0.717, 1.165) is 16.3 Å². The van der Waals surface area contributed by atoms with Crippen LogP contribution in [0.4, 0.5) is 5.69 Å². The minimum atomic E-state index is 0.775. The Labute approximate surface area is 70.7 Å². The maximum atomic E-state index is 5.71. The fourth-order valence-electron chi connectivity index (χ4n) is 0.839. The number of hydrogen-bond acceptors (Lipinski definition) is 3. The molecule has 0 unspecified atom stereocenters. The van der Waals surface area contributed by atoms with Crippen molar-refractivity contribution in [3.8, 4) is 5.75 Å². The third kappa shape index (κ3) is 1.80. The zero-order valence-corrected chi connectivity index (χ0v) is 7.44. The molecule has 1 rings (SSSR count). The summed E-state index contributed by atoms with van der Waals surface area (Å²) in [6.45, 7) is 0. The lowest BCUT2D eigenvalue weighted by atomic mass is 10.3. The molecule has 0 bridgehead atoms. The van der Waals surface area contributed by atoms with Crippen LogP contribution in [0, 0.1) is 0 Å². The van der Waals surface area contributed by atoms with Gasteiger partial charge < -0.3 is 10.5 Å². The quantitative estimate of drug-likeness (QED) is 0.543. The van der Waals surface area contributed by atoms with E-state index in [2.05, 4.69) is 0 Å². The molecule has 1 aromatic carbocycles. The van der Waals surface area contributed by atoms with Crippen molar-refractivity contribution < 1.29 is 4.74 Å². The molecular formula is C8H11NOS. The van der Waals surface area contributed by atoms with Crippen molar-refractivity contribution in [1.82, 2.24) is 0 Å². The molecular weight excluding hydrogens is 158 g/mol. The summed E-state index contributed by atoms with van der Waals surface area (Å²) in [7, 11) is 1.63. The Morgan fingerprint density at radius 1 is 1.45 bits per heavy atom. The highest BCUT2D eigenvalue weighted by atomic mass is 32.2. The molecule has 2 N–H and O–H groups in total. The normalized spacial score (nSPS) is 9.64. The van der Waals surface area contributed by atoms with Crippen LogP contribution in [0.5, 0.6) is 5.75 Å². The van der Waals surface area contributed by atoms with E-state index in [1.165, 1.54) is 0 Å². The topological polar surface area (TPSA) is 35.2 Å².